The van der Waals surface area contributed by atoms with E-state index in [1.165, 1.54) is 30.5 Å². The van der Waals surface area contributed by atoms with Crippen LogP contribution in [0, 0.1) is 6.92 Å². The van der Waals surface area contributed by atoms with Gasteiger partial charge in [0.1, 0.15) is 5.82 Å². The Kier molecular flexibility index (Phi) is 6.09. The maximum absolute atomic E-state index is 13.9. The third-order valence-corrected chi connectivity index (χ3v) is 4.04. The van der Waals surface area contributed by atoms with Crippen LogP contribution in [0.5, 0.6) is 0 Å². The van der Waals surface area contributed by atoms with Crippen LogP contribution in [0.1, 0.15) is 15.9 Å². The summed E-state index contributed by atoms with van der Waals surface area (Å²) in [5.74, 6) is -3.13. The maximum atomic E-state index is 13.9. The Morgan fingerprint density at radius 3 is 2.22 bits per heavy atom. The number of hydrogen-bond donors (Lipinski definition) is 2. The van der Waals surface area contributed by atoms with Crippen LogP contribution in [-0.4, -0.2) is 35.8 Å². The fourth-order valence-corrected chi connectivity index (χ4v) is 2.37. The van der Waals surface area contributed by atoms with Gasteiger partial charge >= 0.3 is 17.8 Å². The Morgan fingerprint density at radius 1 is 1.11 bits per heavy atom. The molecule has 1 atom stereocenters. The average molecular weight is 446 g/mol. The van der Waals surface area contributed by atoms with Crippen LogP contribution in [0.4, 0.5) is 19.0 Å². The lowest BCUT2D eigenvalue weighted by Crippen LogP contribution is -2.69. The summed E-state index contributed by atoms with van der Waals surface area (Å²) in [5.41, 5.74) is -2.76. The van der Waals surface area contributed by atoms with Crippen LogP contribution in [-0.2, 0) is 9.53 Å². The van der Waals surface area contributed by atoms with E-state index in [1.54, 1.807) is 24.4 Å². The third-order valence-electron chi connectivity index (χ3n) is 3.57. The van der Waals surface area contributed by atoms with Crippen molar-refractivity contribution in [3.63, 3.8) is 0 Å². The van der Waals surface area contributed by atoms with Crippen LogP contribution in [0.3, 0.4) is 0 Å². The number of pyridine rings is 1. The average Bonchev–Trinajstić information content (AvgIpc) is 2.61. The molecule has 144 valence electrons. The van der Waals surface area contributed by atoms with E-state index in [1.807, 2.05) is 5.32 Å². The number of methoxy groups -OCH3 is 1. The second-order valence-electron chi connectivity index (χ2n) is 5.55. The molecule has 0 saturated heterocycles. The first-order valence-corrected chi connectivity index (χ1v) is 8.32. The van der Waals surface area contributed by atoms with Crippen LogP contribution in [0.15, 0.2) is 47.1 Å². The quantitative estimate of drug-likeness (QED) is 0.544. The number of nitrogens with zero attached hydrogens (tertiary/aromatic N) is 1. The summed E-state index contributed by atoms with van der Waals surface area (Å²) in [6, 6.07) is 8.46. The number of aromatic nitrogens is 1. The zero-order valence-corrected chi connectivity index (χ0v) is 15.8. The molecule has 0 radical (unpaired) electrons. The molecular formula is C17H15BrF3N3O3. The highest BCUT2D eigenvalue weighted by atomic mass is 79.9. The van der Waals surface area contributed by atoms with Gasteiger partial charge in [0.15, 0.2) is 0 Å². The van der Waals surface area contributed by atoms with Crippen molar-refractivity contribution >= 4 is 33.6 Å². The molecule has 2 rings (SSSR count). The topological polar surface area (TPSA) is 80.3 Å². The van der Waals surface area contributed by atoms with E-state index in [2.05, 4.69) is 25.7 Å². The van der Waals surface area contributed by atoms with Crippen LogP contribution < -0.4 is 10.6 Å². The number of benzene rings is 1. The zero-order chi connectivity index (χ0) is 20.2. The molecule has 1 heterocycles. The minimum Gasteiger partial charge on any atom is -0.466 e. The molecule has 0 spiro atoms. The number of hydrogen-bond acceptors (Lipinski definition) is 5. The van der Waals surface area contributed by atoms with Gasteiger partial charge in [0.05, 0.1) is 7.11 Å². The van der Waals surface area contributed by atoms with E-state index in [9.17, 15) is 22.8 Å². The maximum Gasteiger partial charge on any atom is 0.441 e. The van der Waals surface area contributed by atoms with Gasteiger partial charge in [0.25, 0.3) is 5.91 Å². The summed E-state index contributed by atoms with van der Waals surface area (Å²) in [6.07, 6.45) is -3.99. The van der Waals surface area contributed by atoms with Crippen LogP contribution in [0.25, 0.3) is 0 Å². The highest BCUT2D eigenvalue weighted by Gasteiger charge is 2.63. The third kappa shape index (κ3) is 4.57. The van der Waals surface area contributed by atoms with Crippen molar-refractivity contribution in [3.8, 4) is 0 Å². The van der Waals surface area contributed by atoms with Crippen molar-refractivity contribution < 1.29 is 27.5 Å². The molecule has 6 nitrogen and oxygen atoms in total. The molecule has 10 heteroatoms. The van der Waals surface area contributed by atoms with Crippen molar-refractivity contribution in [2.24, 2.45) is 0 Å². The number of rotatable bonds is 5. The molecule has 1 amide bonds. The van der Waals surface area contributed by atoms with E-state index in [4.69, 9.17) is 0 Å². The number of halogens is 4. The number of carbonyl (C=O) groups excluding carboxylic acids is 2. The summed E-state index contributed by atoms with van der Waals surface area (Å²) in [7, 11) is 0.789. The number of carbonyl (C=O) groups is 2. The second kappa shape index (κ2) is 7.95. The van der Waals surface area contributed by atoms with Crippen molar-refractivity contribution in [3.05, 3.63) is 58.2 Å². The number of ether oxygens (including phenoxy) is 1. The van der Waals surface area contributed by atoms with Crippen molar-refractivity contribution in [2.45, 2.75) is 18.8 Å². The van der Waals surface area contributed by atoms with E-state index in [0.29, 0.717) is 4.47 Å². The van der Waals surface area contributed by atoms with Gasteiger partial charge in [-0.3, -0.25) is 4.79 Å². The number of amides is 1. The molecule has 0 fully saturated rings. The van der Waals surface area contributed by atoms with Crippen molar-refractivity contribution in [1.29, 1.82) is 0 Å². The Bertz CT molecular complexity index is 826. The summed E-state index contributed by atoms with van der Waals surface area (Å²) < 4.78 is 46.5. The van der Waals surface area contributed by atoms with Gasteiger partial charge in [0.2, 0.25) is 0 Å². The minimum atomic E-state index is -5.23. The Balaban J connectivity index is 2.46. The van der Waals surface area contributed by atoms with E-state index in [0.717, 1.165) is 12.7 Å². The van der Waals surface area contributed by atoms with E-state index < -0.39 is 23.7 Å². The highest BCUT2D eigenvalue weighted by molar-refractivity contribution is 9.10. The van der Waals surface area contributed by atoms with Gasteiger partial charge in [-0.2, -0.15) is 13.2 Å². The van der Waals surface area contributed by atoms with Crippen molar-refractivity contribution in [1.82, 2.24) is 10.3 Å². The molecule has 0 saturated carbocycles. The van der Waals surface area contributed by atoms with Gasteiger partial charge in [-0.1, -0.05) is 17.7 Å². The number of esters is 1. The number of nitrogens with one attached hydrogen (secondary N) is 2. The molecule has 0 bridgehead atoms. The fourth-order valence-electron chi connectivity index (χ4n) is 2.13. The van der Waals surface area contributed by atoms with E-state index >= 15 is 0 Å². The van der Waals surface area contributed by atoms with Gasteiger partial charge < -0.3 is 15.4 Å². The SMILES string of the molecule is COC(=O)[C@](NC(=O)c1ccc(C)cc1)(Nc1ccc(Br)cn1)C(F)(F)F. The Hall–Kier alpha value is -2.62. The summed E-state index contributed by atoms with van der Waals surface area (Å²) >= 11 is 3.11. The smallest absolute Gasteiger partial charge is 0.441 e. The molecule has 0 aliphatic rings. The molecule has 2 aromatic rings. The highest BCUT2D eigenvalue weighted by Crippen LogP contribution is 2.33. The zero-order valence-electron chi connectivity index (χ0n) is 14.2. The Labute approximate surface area is 161 Å². The van der Waals surface area contributed by atoms with Gasteiger partial charge in [-0.05, 0) is 47.1 Å². The number of aryl methyl sites for hydroxylation is 1. The fraction of sp³-hybridized carbons (Fsp3) is 0.235. The summed E-state index contributed by atoms with van der Waals surface area (Å²) in [4.78, 5) is 28.3. The molecule has 1 aromatic carbocycles. The minimum absolute atomic E-state index is 0.0521. The van der Waals surface area contributed by atoms with Gasteiger partial charge in [-0.25, -0.2) is 9.78 Å². The first kappa shape index (κ1) is 20.7. The van der Waals surface area contributed by atoms with E-state index in [-0.39, 0.29) is 11.4 Å². The predicted molar refractivity (Wildman–Crippen MR) is 95.0 cm³/mol. The molecule has 2 N–H and O–H groups in total. The number of alkyl halides is 3. The monoisotopic (exact) mass is 445 g/mol. The van der Waals surface area contributed by atoms with Crippen molar-refractivity contribution in [2.75, 3.05) is 12.4 Å². The predicted octanol–water partition coefficient (Wildman–Crippen LogP) is 3.43. The lowest BCUT2D eigenvalue weighted by atomic mass is 10.1. The molecule has 0 aliphatic carbocycles. The first-order chi connectivity index (χ1) is 12.6. The molecule has 0 unspecified atom stereocenters. The molecular weight excluding hydrogens is 431 g/mol. The standard InChI is InChI=1S/C17H15BrF3N3O3/c1-10-3-5-11(6-4-10)14(25)24-16(15(26)27-2,17(19,20)21)23-13-8-7-12(18)9-22-13/h3-9H,1-2H3,(H,22,23)(H,24,25)/t16-/m1/s1. The van der Waals surface area contributed by atoms with Crippen LogP contribution in [0.2, 0.25) is 0 Å². The van der Waals surface area contributed by atoms with Crippen LogP contribution >= 0.6 is 15.9 Å². The normalized spacial score (nSPS) is 13.4. The summed E-state index contributed by atoms with van der Waals surface area (Å²) in [5, 5.41) is 3.68. The largest absolute Gasteiger partial charge is 0.466 e. The molecule has 27 heavy (non-hydrogen) atoms. The molecule has 0 aliphatic heterocycles. The second-order valence-corrected chi connectivity index (χ2v) is 6.46. The Morgan fingerprint density at radius 2 is 1.74 bits per heavy atom. The first-order valence-electron chi connectivity index (χ1n) is 7.53. The van der Waals surface area contributed by atoms with Gasteiger partial charge in [0, 0.05) is 16.2 Å². The lowest BCUT2D eigenvalue weighted by Gasteiger charge is -2.34. The summed E-state index contributed by atoms with van der Waals surface area (Å²) in [6.45, 7) is 1.76. The number of anilines is 1. The lowest BCUT2D eigenvalue weighted by molar-refractivity contribution is -0.203. The molecule has 1 aromatic heterocycles. The van der Waals surface area contributed by atoms with Gasteiger partial charge in [-0.15, -0.1) is 0 Å².